The molecule has 7 nitrogen and oxygen atoms in total. The number of nitrogens with zero attached hydrogens (tertiary/aromatic N) is 3. The highest BCUT2D eigenvalue weighted by Gasteiger charge is 2.30. The number of anilines is 3. The Morgan fingerprint density at radius 1 is 1.03 bits per heavy atom. The molecule has 1 aromatic carbocycles. The van der Waals surface area contributed by atoms with E-state index in [4.69, 9.17) is 14.5 Å². The number of rotatable bonds is 3. The van der Waals surface area contributed by atoms with Crippen molar-refractivity contribution in [2.75, 3.05) is 62.7 Å². The van der Waals surface area contributed by atoms with Crippen molar-refractivity contribution in [3.63, 3.8) is 0 Å². The van der Waals surface area contributed by atoms with E-state index < -0.39 is 0 Å². The lowest BCUT2D eigenvalue weighted by Crippen LogP contribution is -2.58. The molecule has 3 saturated heterocycles. The second-order valence-electron chi connectivity index (χ2n) is 9.45. The molecule has 0 unspecified atom stereocenters. The molecule has 6 rings (SSSR count). The van der Waals surface area contributed by atoms with Gasteiger partial charge in [0.1, 0.15) is 17.7 Å². The fourth-order valence-corrected chi connectivity index (χ4v) is 5.55. The zero-order chi connectivity index (χ0) is 21.5. The summed E-state index contributed by atoms with van der Waals surface area (Å²) in [6.07, 6.45) is 4.28. The van der Waals surface area contributed by atoms with Crippen LogP contribution < -0.4 is 20.3 Å². The minimum atomic E-state index is -0.0736. The van der Waals surface area contributed by atoms with Crippen molar-refractivity contribution in [1.29, 1.82) is 0 Å². The molecule has 1 atom stereocenters. The van der Waals surface area contributed by atoms with Crippen molar-refractivity contribution < 1.29 is 9.47 Å². The zero-order valence-corrected chi connectivity index (χ0v) is 18.8. The van der Waals surface area contributed by atoms with Gasteiger partial charge in [-0.25, -0.2) is 4.98 Å². The zero-order valence-electron chi connectivity index (χ0n) is 18.8. The van der Waals surface area contributed by atoms with Crippen LogP contribution in [0, 0.1) is 0 Å². The van der Waals surface area contributed by atoms with E-state index in [1.807, 2.05) is 6.20 Å². The van der Waals surface area contributed by atoms with Gasteiger partial charge >= 0.3 is 0 Å². The summed E-state index contributed by atoms with van der Waals surface area (Å²) in [7, 11) is 0. The number of benzene rings is 1. The SMILES string of the molecule is C[C@H]1Oc2ccc(C3CCN(C4CNC4)CC3)cc2Nc2nccc(N3CCOCC3)c21. The lowest BCUT2D eigenvalue weighted by atomic mass is 9.88. The molecule has 0 aliphatic carbocycles. The number of pyridine rings is 1. The first-order chi connectivity index (χ1) is 15.8. The van der Waals surface area contributed by atoms with Crippen molar-refractivity contribution in [3.05, 3.63) is 41.6 Å². The van der Waals surface area contributed by atoms with E-state index >= 15 is 0 Å². The fourth-order valence-electron chi connectivity index (χ4n) is 5.55. The van der Waals surface area contributed by atoms with Crippen LogP contribution >= 0.6 is 0 Å². The molecule has 0 radical (unpaired) electrons. The van der Waals surface area contributed by atoms with Crippen LogP contribution in [0.4, 0.5) is 17.2 Å². The van der Waals surface area contributed by atoms with Gasteiger partial charge in [0, 0.05) is 44.1 Å². The predicted octanol–water partition coefficient (Wildman–Crippen LogP) is 3.27. The highest BCUT2D eigenvalue weighted by molar-refractivity contribution is 5.74. The quantitative estimate of drug-likeness (QED) is 0.767. The maximum atomic E-state index is 6.45. The van der Waals surface area contributed by atoms with Crippen molar-refractivity contribution in [3.8, 4) is 5.75 Å². The van der Waals surface area contributed by atoms with Gasteiger partial charge in [-0.2, -0.15) is 0 Å². The standard InChI is InChI=1S/C25H33N5O2/c1-17-24-22(30-10-12-31-13-11-30)4-7-27-25(24)28-21-14-19(2-3-23(21)32-17)18-5-8-29(9-6-18)20-15-26-16-20/h2-4,7,14,17-18,20,26H,5-6,8-13,15-16H2,1H3,(H,27,28)/t17-/m1/s1. The molecule has 3 fully saturated rings. The number of morpholine rings is 1. The van der Waals surface area contributed by atoms with Crippen molar-refractivity contribution in [2.45, 2.75) is 37.8 Å². The first kappa shape index (κ1) is 20.3. The Balaban J connectivity index is 1.24. The molecule has 4 aliphatic heterocycles. The summed E-state index contributed by atoms with van der Waals surface area (Å²) in [5, 5.41) is 7.02. The van der Waals surface area contributed by atoms with E-state index in [1.165, 1.54) is 37.2 Å². The van der Waals surface area contributed by atoms with Crippen LogP contribution in [-0.4, -0.2) is 68.4 Å². The van der Waals surface area contributed by atoms with Gasteiger partial charge in [0.25, 0.3) is 0 Å². The Hall–Kier alpha value is -2.35. The highest BCUT2D eigenvalue weighted by Crippen LogP contribution is 2.43. The Morgan fingerprint density at radius 2 is 1.84 bits per heavy atom. The lowest BCUT2D eigenvalue weighted by molar-refractivity contribution is 0.113. The molecule has 4 aliphatic rings. The molecular weight excluding hydrogens is 402 g/mol. The van der Waals surface area contributed by atoms with Gasteiger partial charge in [0.05, 0.1) is 24.5 Å². The van der Waals surface area contributed by atoms with Crippen LogP contribution in [0.2, 0.25) is 0 Å². The molecule has 2 N–H and O–H groups in total. The van der Waals surface area contributed by atoms with E-state index in [9.17, 15) is 0 Å². The molecular formula is C25H33N5O2. The second-order valence-corrected chi connectivity index (χ2v) is 9.45. The van der Waals surface area contributed by atoms with Crippen LogP contribution in [0.25, 0.3) is 0 Å². The molecule has 0 saturated carbocycles. The Kier molecular flexibility index (Phi) is 5.41. The minimum absolute atomic E-state index is 0.0736. The number of nitrogens with one attached hydrogen (secondary N) is 2. The van der Waals surface area contributed by atoms with Gasteiger partial charge in [-0.05, 0) is 62.5 Å². The van der Waals surface area contributed by atoms with E-state index in [2.05, 4.69) is 51.6 Å². The normalized spacial score (nSPS) is 24.5. The summed E-state index contributed by atoms with van der Waals surface area (Å²) >= 11 is 0. The van der Waals surface area contributed by atoms with Gasteiger partial charge in [-0.1, -0.05) is 6.07 Å². The largest absolute Gasteiger partial charge is 0.484 e. The maximum absolute atomic E-state index is 6.45. The smallest absolute Gasteiger partial charge is 0.143 e. The van der Waals surface area contributed by atoms with E-state index in [0.717, 1.165) is 68.3 Å². The highest BCUT2D eigenvalue weighted by atomic mass is 16.5. The van der Waals surface area contributed by atoms with Crippen molar-refractivity contribution in [2.24, 2.45) is 0 Å². The molecule has 0 bridgehead atoms. The maximum Gasteiger partial charge on any atom is 0.143 e. The van der Waals surface area contributed by atoms with Gasteiger partial charge in [0.2, 0.25) is 0 Å². The predicted molar refractivity (Wildman–Crippen MR) is 126 cm³/mol. The lowest BCUT2D eigenvalue weighted by Gasteiger charge is -2.42. The molecule has 2 aromatic rings. The summed E-state index contributed by atoms with van der Waals surface area (Å²) in [5.41, 5.74) is 4.77. The first-order valence-electron chi connectivity index (χ1n) is 12.1. The van der Waals surface area contributed by atoms with Gasteiger partial charge < -0.3 is 25.0 Å². The monoisotopic (exact) mass is 435 g/mol. The summed E-state index contributed by atoms with van der Waals surface area (Å²) in [5.74, 6) is 2.43. The molecule has 0 amide bonds. The molecule has 7 heteroatoms. The molecule has 0 spiro atoms. The summed E-state index contributed by atoms with van der Waals surface area (Å²) in [4.78, 5) is 9.76. The number of fused-ring (bicyclic) bond motifs is 2. The van der Waals surface area contributed by atoms with Crippen LogP contribution in [-0.2, 0) is 4.74 Å². The number of piperidine rings is 1. The number of ether oxygens (including phenoxy) is 2. The third-order valence-corrected chi connectivity index (χ3v) is 7.56. The molecule has 32 heavy (non-hydrogen) atoms. The Labute approximate surface area is 190 Å². The van der Waals surface area contributed by atoms with E-state index in [-0.39, 0.29) is 6.10 Å². The van der Waals surface area contributed by atoms with Gasteiger partial charge in [-0.15, -0.1) is 0 Å². The topological polar surface area (TPSA) is 61.9 Å². The molecule has 5 heterocycles. The molecule has 170 valence electrons. The van der Waals surface area contributed by atoms with Crippen LogP contribution in [0.3, 0.4) is 0 Å². The van der Waals surface area contributed by atoms with Crippen LogP contribution in [0.5, 0.6) is 5.75 Å². The van der Waals surface area contributed by atoms with Crippen molar-refractivity contribution in [1.82, 2.24) is 15.2 Å². The summed E-state index contributed by atoms with van der Waals surface area (Å²) < 4.78 is 12.0. The summed E-state index contributed by atoms with van der Waals surface area (Å²) in [6, 6.07) is 9.58. The summed E-state index contributed by atoms with van der Waals surface area (Å²) in [6.45, 7) is 10.2. The van der Waals surface area contributed by atoms with Gasteiger partial charge in [-0.3, -0.25) is 4.90 Å². The van der Waals surface area contributed by atoms with E-state index in [1.54, 1.807) is 0 Å². The average molecular weight is 436 g/mol. The first-order valence-corrected chi connectivity index (χ1v) is 12.1. The number of hydrogen-bond donors (Lipinski definition) is 2. The Morgan fingerprint density at radius 3 is 2.59 bits per heavy atom. The number of aromatic nitrogens is 1. The number of hydrogen-bond acceptors (Lipinski definition) is 7. The van der Waals surface area contributed by atoms with Crippen molar-refractivity contribution >= 4 is 17.2 Å². The number of likely N-dealkylation sites (tertiary alicyclic amines) is 1. The van der Waals surface area contributed by atoms with E-state index in [0.29, 0.717) is 5.92 Å². The van der Waals surface area contributed by atoms with Crippen LogP contribution in [0.15, 0.2) is 30.5 Å². The third-order valence-electron chi connectivity index (χ3n) is 7.56. The fraction of sp³-hybridized carbons (Fsp3) is 0.560. The average Bonchev–Trinajstić information content (AvgIpc) is 2.94. The second kappa shape index (κ2) is 8.54. The minimum Gasteiger partial charge on any atom is -0.484 e. The third kappa shape index (κ3) is 3.72. The van der Waals surface area contributed by atoms with Crippen LogP contribution in [0.1, 0.15) is 42.9 Å². The Bertz CT molecular complexity index is 965. The molecule has 1 aromatic heterocycles. The van der Waals surface area contributed by atoms with Gasteiger partial charge in [0.15, 0.2) is 0 Å².